The van der Waals surface area contributed by atoms with E-state index in [1.54, 1.807) is 11.8 Å². The molecule has 1 N–H and O–H groups in total. The highest BCUT2D eigenvalue weighted by Crippen LogP contribution is 2.27. The van der Waals surface area contributed by atoms with Crippen LogP contribution in [-0.2, 0) is 12.3 Å². The molecule has 0 saturated heterocycles. The number of thioether (sulfide) groups is 1. The van der Waals surface area contributed by atoms with Crippen LogP contribution in [0, 0.1) is 6.92 Å². The number of hydrogen-bond donors (Lipinski definition) is 1. The van der Waals surface area contributed by atoms with E-state index in [9.17, 15) is 5.11 Å². The molecule has 122 valence electrons. The first-order chi connectivity index (χ1) is 11.8. The molecule has 6 heteroatoms. The smallest absolute Gasteiger partial charge is 0.237 e. The van der Waals surface area contributed by atoms with Crippen LogP contribution in [0.5, 0.6) is 0 Å². The van der Waals surface area contributed by atoms with Gasteiger partial charge in [0.2, 0.25) is 5.78 Å². The van der Waals surface area contributed by atoms with Crippen molar-refractivity contribution in [1.29, 1.82) is 0 Å². The van der Waals surface area contributed by atoms with Gasteiger partial charge in [0.25, 0.3) is 0 Å². The van der Waals surface area contributed by atoms with E-state index in [2.05, 4.69) is 51.9 Å². The normalized spacial score (nSPS) is 11.6. The van der Waals surface area contributed by atoms with Crippen molar-refractivity contribution < 1.29 is 5.11 Å². The van der Waals surface area contributed by atoms with E-state index in [-0.39, 0.29) is 6.61 Å². The molecule has 2 aromatic carbocycles. The molecule has 0 saturated carbocycles. The van der Waals surface area contributed by atoms with Crippen molar-refractivity contribution in [2.24, 2.45) is 0 Å². The third-order valence-electron chi connectivity index (χ3n) is 4.08. The van der Waals surface area contributed by atoms with Gasteiger partial charge in [0.05, 0.1) is 17.6 Å². The molecule has 0 unspecified atom stereocenters. The Balaban J connectivity index is 1.73. The second-order valence-corrected chi connectivity index (χ2v) is 6.70. The van der Waals surface area contributed by atoms with Gasteiger partial charge in [-0.1, -0.05) is 53.7 Å². The van der Waals surface area contributed by atoms with Crippen molar-refractivity contribution in [3.63, 3.8) is 0 Å². The number of fused-ring (bicyclic) bond motifs is 3. The van der Waals surface area contributed by atoms with Crippen LogP contribution >= 0.6 is 11.8 Å². The lowest BCUT2D eigenvalue weighted by Gasteiger charge is -2.01. The van der Waals surface area contributed by atoms with Gasteiger partial charge < -0.3 is 9.67 Å². The zero-order valence-electron chi connectivity index (χ0n) is 13.4. The highest BCUT2D eigenvalue weighted by Gasteiger charge is 2.16. The number of aliphatic hydroxyl groups excluding tert-OH is 1. The van der Waals surface area contributed by atoms with Gasteiger partial charge >= 0.3 is 0 Å². The summed E-state index contributed by atoms with van der Waals surface area (Å²) < 4.78 is 4.09. The second kappa shape index (κ2) is 6.30. The number of aryl methyl sites for hydroxylation is 1. The quantitative estimate of drug-likeness (QED) is 0.568. The second-order valence-electron chi connectivity index (χ2n) is 5.76. The van der Waals surface area contributed by atoms with Crippen LogP contribution in [0.4, 0.5) is 0 Å². The lowest BCUT2D eigenvalue weighted by atomic mass is 10.2. The number of nitrogens with zero attached hydrogens (tertiary/aromatic N) is 4. The van der Waals surface area contributed by atoms with E-state index >= 15 is 0 Å². The van der Waals surface area contributed by atoms with Crippen LogP contribution in [0.15, 0.2) is 53.7 Å². The molecule has 5 nitrogen and oxygen atoms in total. The Kier molecular flexibility index (Phi) is 4.00. The summed E-state index contributed by atoms with van der Waals surface area (Å²) in [4.78, 5) is 0. The Labute approximate surface area is 143 Å². The fourth-order valence-corrected chi connectivity index (χ4v) is 3.78. The van der Waals surface area contributed by atoms with Gasteiger partial charge in [0.1, 0.15) is 0 Å². The van der Waals surface area contributed by atoms with Crippen molar-refractivity contribution in [3.8, 4) is 0 Å². The van der Waals surface area contributed by atoms with Crippen LogP contribution < -0.4 is 0 Å². The summed E-state index contributed by atoms with van der Waals surface area (Å²) >= 11 is 1.68. The lowest BCUT2D eigenvalue weighted by molar-refractivity contribution is 0.279. The average molecular weight is 338 g/mol. The highest BCUT2D eigenvalue weighted by molar-refractivity contribution is 7.98. The standard InChI is InChI=1S/C18H18N4OS/c1-13-6-8-14(9-7-13)12-24-18-20-19-17-21(10-11-23)15-4-2-3-5-16(15)22(17)18/h2-9,23H,10-12H2,1H3. The van der Waals surface area contributed by atoms with Crippen LogP contribution in [0.2, 0.25) is 0 Å². The number of para-hydroxylation sites is 2. The first-order valence-corrected chi connectivity index (χ1v) is 8.88. The van der Waals surface area contributed by atoms with Crippen molar-refractivity contribution in [2.75, 3.05) is 6.61 Å². The number of rotatable bonds is 5. The summed E-state index contributed by atoms with van der Waals surface area (Å²) in [7, 11) is 0. The highest BCUT2D eigenvalue weighted by atomic mass is 32.2. The van der Waals surface area contributed by atoms with Gasteiger partial charge in [-0.2, -0.15) is 0 Å². The predicted octanol–water partition coefficient (Wildman–Crippen LogP) is 3.28. The molecular formula is C18H18N4OS. The van der Waals surface area contributed by atoms with E-state index in [1.807, 2.05) is 22.8 Å². The molecule has 4 rings (SSSR count). The third kappa shape index (κ3) is 2.57. The maximum absolute atomic E-state index is 9.35. The van der Waals surface area contributed by atoms with E-state index in [4.69, 9.17) is 0 Å². The fraction of sp³-hybridized carbons (Fsp3) is 0.222. The van der Waals surface area contributed by atoms with Gasteiger partial charge in [-0.15, -0.1) is 10.2 Å². The fourth-order valence-electron chi connectivity index (χ4n) is 2.88. The maximum atomic E-state index is 9.35. The largest absolute Gasteiger partial charge is 0.395 e. The topological polar surface area (TPSA) is 55.3 Å². The molecule has 0 bridgehead atoms. The maximum Gasteiger partial charge on any atom is 0.237 e. The minimum atomic E-state index is 0.0764. The van der Waals surface area contributed by atoms with E-state index in [0.717, 1.165) is 27.7 Å². The molecule has 0 aliphatic carbocycles. The molecule has 4 aromatic rings. The Morgan fingerprint density at radius 2 is 1.75 bits per heavy atom. The molecule has 0 atom stereocenters. The zero-order valence-corrected chi connectivity index (χ0v) is 14.2. The third-order valence-corrected chi connectivity index (χ3v) is 5.08. The summed E-state index contributed by atoms with van der Waals surface area (Å²) in [5.41, 5.74) is 4.66. The molecule has 24 heavy (non-hydrogen) atoms. The minimum Gasteiger partial charge on any atom is -0.395 e. The first kappa shape index (κ1) is 15.2. The van der Waals surface area contributed by atoms with Gasteiger partial charge in [0, 0.05) is 12.3 Å². The molecule has 0 aliphatic rings. The van der Waals surface area contributed by atoms with Gasteiger partial charge in [0.15, 0.2) is 5.16 Å². The number of aromatic nitrogens is 4. The van der Waals surface area contributed by atoms with E-state index < -0.39 is 0 Å². The van der Waals surface area contributed by atoms with Crippen LogP contribution in [-0.4, -0.2) is 30.9 Å². The van der Waals surface area contributed by atoms with Gasteiger partial charge in [-0.3, -0.25) is 4.40 Å². The molecule has 0 radical (unpaired) electrons. The predicted molar refractivity (Wildman–Crippen MR) is 96.3 cm³/mol. The summed E-state index contributed by atoms with van der Waals surface area (Å²) in [5.74, 6) is 1.62. The van der Waals surface area contributed by atoms with E-state index in [0.29, 0.717) is 6.54 Å². The van der Waals surface area contributed by atoms with Crippen molar-refractivity contribution in [2.45, 2.75) is 24.4 Å². The lowest BCUT2D eigenvalue weighted by Crippen LogP contribution is -2.02. The Morgan fingerprint density at radius 3 is 2.50 bits per heavy atom. The van der Waals surface area contributed by atoms with Crippen LogP contribution in [0.3, 0.4) is 0 Å². The SMILES string of the molecule is Cc1ccc(CSc2nnc3n(CCO)c4ccccc4n23)cc1. The summed E-state index contributed by atoms with van der Waals surface area (Å²) in [6.45, 7) is 2.68. The van der Waals surface area contributed by atoms with Crippen LogP contribution in [0.25, 0.3) is 16.8 Å². The molecule has 0 amide bonds. The molecular weight excluding hydrogens is 320 g/mol. The minimum absolute atomic E-state index is 0.0764. The monoisotopic (exact) mass is 338 g/mol. The van der Waals surface area contributed by atoms with Crippen molar-refractivity contribution >= 4 is 28.6 Å². The van der Waals surface area contributed by atoms with Crippen molar-refractivity contribution in [3.05, 3.63) is 59.7 Å². The van der Waals surface area contributed by atoms with Crippen molar-refractivity contribution in [1.82, 2.24) is 19.2 Å². The molecule has 2 heterocycles. The van der Waals surface area contributed by atoms with Gasteiger partial charge in [-0.25, -0.2) is 0 Å². The summed E-state index contributed by atoms with van der Waals surface area (Å²) in [5, 5.41) is 18.9. The Bertz CT molecular complexity index is 988. The number of aliphatic hydroxyl groups is 1. The molecule has 0 fully saturated rings. The Hall–Kier alpha value is -2.31. The summed E-state index contributed by atoms with van der Waals surface area (Å²) in [6.07, 6.45) is 0. The zero-order chi connectivity index (χ0) is 16.5. The Morgan fingerprint density at radius 1 is 1.00 bits per heavy atom. The first-order valence-electron chi connectivity index (χ1n) is 7.89. The molecule has 0 aliphatic heterocycles. The molecule has 2 aromatic heterocycles. The van der Waals surface area contributed by atoms with Crippen LogP contribution in [0.1, 0.15) is 11.1 Å². The number of imidazole rings is 1. The molecule has 0 spiro atoms. The van der Waals surface area contributed by atoms with E-state index in [1.165, 1.54) is 11.1 Å². The number of hydrogen-bond acceptors (Lipinski definition) is 4. The van der Waals surface area contributed by atoms with Gasteiger partial charge in [-0.05, 0) is 24.6 Å². The summed E-state index contributed by atoms with van der Waals surface area (Å²) in [6, 6.07) is 16.7. The average Bonchev–Trinajstić information content (AvgIpc) is 3.15. The number of benzene rings is 2.